The van der Waals surface area contributed by atoms with E-state index in [2.05, 4.69) is 9.71 Å². The molecule has 6 nitrogen and oxygen atoms in total. The van der Waals surface area contributed by atoms with Gasteiger partial charge in [-0.15, -0.1) is 11.3 Å². The van der Waals surface area contributed by atoms with Gasteiger partial charge >= 0.3 is 0 Å². The Kier molecular flexibility index (Phi) is 3.87. The number of nitrogens with one attached hydrogen (secondary N) is 1. The summed E-state index contributed by atoms with van der Waals surface area (Å²) in [4.78, 5) is 5.50. The lowest BCUT2D eigenvalue weighted by Gasteiger charge is -2.04. The van der Waals surface area contributed by atoms with Gasteiger partial charge < -0.3 is 10.3 Å². The highest BCUT2D eigenvalue weighted by molar-refractivity contribution is 7.89. The van der Waals surface area contributed by atoms with E-state index >= 15 is 0 Å². The Balaban J connectivity index is 1.77. The fourth-order valence-corrected chi connectivity index (χ4v) is 4.08. The number of sulfonamides is 1. The summed E-state index contributed by atoms with van der Waals surface area (Å²) < 4.78 is 29.3. The molecule has 0 bridgehead atoms. The second kappa shape index (κ2) is 5.53. The molecular weight excluding hydrogens is 308 g/mol. The van der Waals surface area contributed by atoms with Crippen molar-refractivity contribution in [3.05, 3.63) is 34.0 Å². The van der Waals surface area contributed by atoms with Gasteiger partial charge in [-0.3, -0.25) is 0 Å². The Labute approximate surface area is 128 Å². The molecule has 0 unspecified atom stereocenters. The summed E-state index contributed by atoms with van der Waals surface area (Å²) >= 11 is 1.49. The van der Waals surface area contributed by atoms with Crippen LogP contribution in [0.1, 0.15) is 34.5 Å². The lowest BCUT2D eigenvalue weighted by atomic mass is 10.4. The van der Waals surface area contributed by atoms with Crippen LogP contribution < -0.4 is 10.5 Å². The average molecular weight is 326 g/mol. The van der Waals surface area contributed by atoms with E-state index in [4.69, 9.17) is 5.73 Å². The van der Waals surface area contributed by atoms with Crippen LogP contribution in [0.25, 0.3) is 0 Å². The summed E-state index contributed by atoms with van der Waals surface area (Å²) in [5.74, 6) is 0. The van der Waals surface area contributed by atoms with E-state index in [9.17, 15) is 8.42 Å². The van der Waals surface area contributed by atoms with Gasteiger partial charge in [-0.25, -0.2) is 18.1 Å². The molecule has 3 rings (SSSR count). The van der Waals surface area contributed by atoms with Gasteiger partial charge in [0, 0.05) is 35.6 Å². The Bertz CT molecular complexity index is 744. The summed E-state index contributed by atoms with van der Waals surface area (Å²) in [6.07, 6.45) is 5.61. The molecule has 114 valence electrons. The van der Waals surface area contributed by atoms with Gasteiger partial charge in [0.2, 0.25) is 10.0 Å². The Hall–Kier alpha value is -1.22. The van der Waals surface area contributed by atoms with Gasteiger partial charge in [-0.2, -0.15) is 0 Å². The molecule has 1 saturated carbocycles. The molecule has 2 aromatic rings. The maximum Gasteiger partial charge on any atom is 0.242 e. The van der Waals surface area contributed by atoms with Gasteiger partial charge in [-0.05, 0) is 25.8 Å². The molecule has 0 atom stereocenters. The number of aryl methyl sites for hydroxylation is 1. The molecule has 0 aromatic carbocycles. The number of aromatic nitrogens is 2. The molecule has 1 aliphatic rings. The first-order valence-corrected chi connectivity index (χ1v) is 9.11. The lowest BCUT2D eigenvalue weighted by Crippen LogP contribution is -2.22. The Morgan fingerprint density at radius 3 is 2.86 bits per heavy atom. The largest absolute Gasteiger partial charge is 0.346 e. The minimum Gasteiger partial charge on any atom is -0.346 e. The first kappa shape index (κ1) is 14.7. The SMILES string of the molecule is Cc1cnc(CNS(=O)(=O)c2cc(CN)n(C3CC3)c2)s1. The number of hydrogen-bond acceptors (Lipinski definition) is 5. The smallest absolute Gasteiger partial charge is 0.242 e. The van der Waals surface area contributed by atoms with Gasteiger partial charge in [0.05, 0.1) is 11.4 Å². The van der Waals surface area contributed by atoms with E-state index in [1.54, 1.807) is 18.5 Å². The van der Waals surface area contributed by atoms with Crippen LogP contribution in [0.5, 0.6) is 0 Å². The molecule has 0 saturated heterocycles. The van der Waals surface area contributed by atoms with Crippen molar-refractivity contribution in [3.8, 4) is 0 Å². The van der Waals surface area contributed by atoms with E-state index in [0.717, 1.165) is 28.4 Å². The molecule has 0 aliphatic heterocycles. The van der Waals surface area contributed by atoms with Crippen molar-refractivity contribution in [1.82, 2.24) is 14.3 Å². The topological polar surface area (TPSA) is 90.0 Å². The number of hydrogen-bond donors (Lipinski definition) is 2. The predicted octanol–water partition coefficient (Wildman–Crippen LogP) is 1.53. The molecule has 2 aromatic heterocycles. The van der Waals surface area contributed by atoms with Gasteiger partial charge in [-0.1, -0.05) is 0 Å². The van der Waals surface area contributed by atoms with E-state index in [0.29, 0.717) is 12.6 Å². The van der Waals surface area contributed by atoms with Gasteiger partial charge in [0.15, 0.2) is 0 Å². The van der Waals surface area contributed by atoms with Crippen LogP contribution in [0.15, 0.2) is 23.4 Å². The van der Waals surface area contributed by atoms with Crippen LogP contribution in [0.2, 0.25) is 0 Å². The minimum atomic E-state index is -3.53. The van der Waals surface area contributed by atoms with Crippen LogP contribution >= 0.6 is 11.3 Å². The predicted molar refractivity (Wildman–Crippen MR) is 81.5 cm³/mol. The molecule has 3 N–H and O–H groups in total. The summed E-state index contributed by atoms with van der Waals surface area (Å²) in [7, 11) is -3.53. The lowest BCUT2D eigenvalue weighted by molar-refractivity contribution is 0.580. The molecule has 0 radical (unpaired) electrons. The molecule has 21 heavy (non-hydrogen) atoms. The van der Waals surface area contributed by atoms with E-state index in [1.807, 2.05) is 11.5 Å². The molecule has 2 heterocycles. The quantitative estimate of drug-likeness (QED) is 0.842. The highest BCUT2D eigenvalue weighted by atomic mass is 32.2. The summed E-state index contributed by atoms with van der Waals surface area (Å²) in [6.45, 7) is 2.50. The first-order valence-electron chi connectivity index (χ1n) is 6.81. The molecule has 8 heteroatoms. The third-order valence-electron chi connectivity index (χ3n) is 3.45. The van der Waals surface area contributed by atoms with Crippen LogP contribution in [-0.4, -0.2) is 18.0 Å². The number of nitrogens with zero attached hydrogens (tertiary/aromatic N) is 2. The van der Waals surface area contributed by atoms with E-state index < -0.39 is 10.0 Å². The van der Waals surface area contributed by atoms with Crippen LogP contribution in [0.3, 0.4) is 0 Å². The summed E-state index contributed by atoms with van der Waals surface area (Å²) in [5, 5.41) is 0.761. The van der Waals surface area contributed by atoms with Crippen molar-refractivity contribution in [2.24, 2.45) is 5.73 Å². The van der Waals surface area contributed by atoms with Gasteiger partial charge in [0.25, 0.3) is 0 Å². The standard InChI is InChI=1S/C13H18N4O2S2/c1-9-6-15-13(20-9)7-16-21(18,19)12-4-11(5-14)17(8-12)10-2-3-10/h4,6,8,10,16H,2-3,5,7,14H2,1H3. The van der Waals surface area contributed by atoms with Crippen LogP contribution in [-0.2, 0) is 23.1 Å². The highest BCUT2D eigenvalue weighted by Gasteiger charge is 2.27. The molecular formula is C13H18N4O2S2. The van der Waals surface area contributed by atoms with Crippen LogP contribution in [0, 0.1) is 6.92 Å². The van der Waals surface area contributed by atoms with Gasteiger partial charge in [0.1, 0.15) is 5.01 Å². The molecule has 1 aliphatic carbocycles. The fourth-order valence-electron chi connectivity index (χ4n) is 2.22. The second-order valence-electron chi connectivity index (χ2n) is 5.20. The normalized spacial score (nSPS) is 15.5. The monoisotopic (exact) mass is 326 g/mol. The number of thiazole rings is 1. The summed E-state index contributed by atoms with van der Waals surface area (Å²) in [6, 6.07) is 2.07. The second-order valence-corrected chi connectivity index (χ2v) is 8.29. The van der Waals surface area contributed by atoms with Crippen molar-refractivity contribution in [2.75, 3.05) is 0 Å². The zero-order valence-electron chi connectivity index (χ0n) is 11.7. The third-order valence-corrected chi connectivity index (χ3v) is 5.73. The maximum absolute atomic E-state index is 12.3. The minimum absolute atomic E-state index is 0.216. The third kappa shape index (κ3) is 3.18. The molecule has 1 fully saturated rings. The Morgan fingerprint density at radius 1 is 1.52 bits per heavy atom. The van der Waals surface area contributed by atoms with Crippen LogP contribution in [0.4, 0.5) is 0 Å². The first-order chi connectivity index (χ1) is 9.99. The molecule has 0 spiro atoms. The van der Waals surface area contributed by atoms with E-state index in [-0.39, 0.29) is 11.4 Å². The van der Waals surface area contributed by atoms with Crippen molar-refractivity contribution in [3.63, 3.8) is 0 Å². The number of nitrogens with two attached hydrogens (primary N) is 1. The fraction of sp³-hybridized carbons (Fsp3) is 0.462. The number of rotatable bonds is 6. The molecule has 0 amide bonds. The maximum atomic E-state index is 12.3. The van der Waals surface area contributed by atoms with E-state index in [1.165, 1.54) is 11.3 Å². The highest BCUT2D eigenvalue weighted by Crippen LogP contribution is 2.37. The average Bonchev–Trinajstić information content (AvgIpc) is 3.05. The zero-order chi connectivity index (χ0) is 15.0. The van der Waals surface area contributed by atoms with Crippen molar-refractivity contribution >= 4 is 21.4 Å². The Morgan fingerprint density at radius 2 is 2.29 bits per heavy atom. The summed E-state index contributed by atoms with van der Waals surface area (Å²) in [5.41, 5.74) is 6.56. The zero-order valence-corrected chi connectivity index (χ0v) is 13.4. The van der Waals surface area contributed by atoms with Crippen molar-refractivity contribution < 1.29 is 8.42 Å². The van der Waals surface area contributed by atoms with Crippen molar-refractivity contribution in [2.45, 2.75) is 43.8 Å². The van der Waals surface area contributed by atoms with Crippen molar-refractivity contribution in [1.29, 1.82) is 0 Å².